The summed E-state index contributed by atoms with van der Waals surface area (Å²) in [5.74, 6) is 1.75. The van der Waals surface area contributed by atoms with Crippen LogP contribution in [-0.2, 0) is 11.3 Å². The number of morpholine rings is 1. The van der Waals surface area contributed by atoms with Crippen LogP contribution in [0.15, 0.2) is 65.7 Å². The minimum atomic E-state index is -0.0261. The Morgan fingerprint density at radius 1 is 1.06 bits per heavy atom. The first kappa shape index (κ1) is 22.6. The summed E-state index contributed by atoms with van der Waals surface area (Å²) >= 11 is 0. The van der Waals surface area contributed by atoms with E-state index in [-0.39, 0.29) is 5.56 Å². The maximum atomic E-state index is 13.7. The molecule has 1 aromatic carbocycles. The van der Waals surface area contributed by atoms with Crippen molar-refractivity contribution in [3.05, 3.63) is 71.3 Å². The normalized spacial score (nSPS) is 18.0. The van der Waals surface area contributed by atoms with Gasteiger partial charge < -0.3 is 20.3 Å². The molecule has 3 aromatic heterocycles. The fourth-order valence-corrected chi connectivity index (χ4v) is 4.91. The van der Waals surface area contributed by atoms with Gasteiger partial charge in [-0.25, -0.2) is 9.97 Å². The van der Waals surface area contributed by atoms with Gasteiger partial charge in [0.05, 0.1) is 25.1 Å². The lowest BCUT2D eigenvalue weighted by atomic mass is 10.0. The first-order valence-electron chi connectivity index (χ1n) is 12.5. The average Bonchev–Trinajstić information content (AvgIpc) is 3.45. The van der Waals surface area contributed by atoms with Crippen LogP contribution in [0.25, 0.3) is 22.2 Å². The van der Waals surface area contributed by atoms with Crippen molar-refractivity contribution >= 4 is 28.5 Å². The van der Waals surface area contributed by atoms with E-state index >= 15 is 0 Å². The lowest BCUT2D eigenvalue weighted by Crippen LogP contribution is -2.36. The summed E-state index contributed by atoms with van der Waals surface area (Å²) in [4.78, 5) is 29.8. The summed E-state index contributed by atoms with van der Waals surface area (Å²) in [7, 11) is 0. The van der Waals surface area contributed by atoms with E-state index in [1.807, 2.05) is 53.1 Å². The van der Waals surface area contributed by atoms with Crippen LogP contribution in [0, 0.1) is 5.92 Å². The van der Waals surface area contributed by atoms with Gasteiger partial charge in [-0.2, -0.15) is 4.98 Å². The summed E-state index contributed by atoms with van der Waals surface area (Å²) < 4.78 is 7.25. The number of fused-ring (bicyclic) bond motifs is 1. The molecule has 2 aliphatic rings. The fourth-order valence-electron chi connectivity index (χ4n) is 4.91. The number of aromatic nitrogens is 4. The maximum absolute atomic E-state index is 13.7. The van der Waals surface area contributed by atoms with Gasteiger partial charge >= 0.3 is 0 Å². The monoisotopic (exact) mass is 483 g/mol. The highest BCUT2D eigenvalue weighted by Gasteiger charge is 2.20. The van der Waals surface area contributed by atoms with Crippen LogP contribution in [0.2, 0.25) is 0 Å². The molecule has 2 saturated heterocycles. The molecular weight excluding hydrogens is 454 g/mol. The van der Waals surface area contributed by atoms with Crippen LogP contribution in [-0.4, -0.2) is 58.9 Å². The quantitative estimate of drug-likeness (QED) is 0.432. The number of hydrogen-bond acceptors (Lipinski definition) is 8. The second-order valence-electron chi connectivity index (χ2n) is 9.30. The van der Waals surface area contributed by atoms with E-state index in [0.29, 0.717) is 29.6 Å². The lowest BCUT2D eigenvalue weighted by molar-refractivity contribution is 0.122. The molecule has 0 bridgehead atoms. The molecule has 0 radical (unpaired) electrons. The highest BCUT2D eigenvalue weighted by Crippen LogP contribution is 2.23. The van der Waals surface area contributed by atoms with Crippen LogP contribution < -0.4 is 21.1 Å². The summed E-state index contributed by atoms with van der Waals surface area (Å²) in [6.07, 6.45) is 4.62. The minimum absolute atomic E-state index is 0.0261. The van der Waals surface area contributed by atoms with Crippen molar-refractivity contribution < 1.29 is 4.74 Å². The van der Waals surface area contributed by atoms with Crippen molar-refractivity contribution in [1.82, 2.24) is 24.8 Å². The van der Waals surface area contributed by atoms with Crippen LogP contribution >= 0.6 is 0 Å². The van der Waals surface area contributed by atoms with Crippen molar-refractivity contribution in [2.24, 2.45) is 5.92 Å². The van der Waals surface area contributed by atoms with Crippen LogP contribution in [0.1, 0.15) is 6.42 Å². The van der Waals surface area contributed by atoms with Crippen LogP contribution in [0.3, 0.4) is 0 Å². The standard InChI is InChI=1S/C27H29N7O2/c35-26-23(20-4-2-1-3-5-20)14-21-16-30-27(32-25(21)34(26)18-19-8-9-28-15-19)31-22-6-7-24(29-17-22)33-10-12-36-13-11-33/h1-7,14,16-17,19,28H,8-13,15,18H2,(H,30,31,32). The number of rotatable bonds is 6. The van der Waals surface area contributed by atoms with Gasteiger partial charge in [-0.1, -0.05) is 30.3 Å². The number of anilines is 3. The van der Waals surface area contributed by atoms with Crippen molar-refractivity contribution in [2.75, 3.05) is 49.6 Å². The Balaban J connectivity index is 1.34. The van der Waals surface area contributed by atoms with Gasteiger partial charge in [-0.3, -0.25) is 9.36 Å². The highest BCUT2D eigenvalue weighted by atomic mass is 16.5. The lowest BCUT2D eigenvalue weighted by Gasteiger charge is -2.27. The topological polar surface area (TPSA) is 97.2 Å². The minimum Gasteiger partial charge on any atom is -0.378 e. The number of benzene rings is 1. The highest BCUT2D eigenvalue weighted by molar-refractivity contribution is 5.81. The summed E-state index contributed by atoms with van der Waals surface area (Å²) in [6, 6.07) is 15.7. The molecule has 184 valence electrons. The van der Waals surface area contributed by atoms with E-state index in [9.17, 15) is 4.79 Å². The zero-order valence-corrected chi connectivity index (χ0v) is 20.1. The van der Waals surface area contributed by atoms with Crippen molar-refractivity contribution in [3.8, 4) is 11.1 Å². The van der Waals surface area contributed by atoms with Gasteiger partial charge in [0.1, 0.15) is 11.5 Å². The Morgan fingerprint density at radius 2 is 1.92 bits per heavy atom. The van der Waals surface area contributed by atoms with Gasteiger partial charge in [0.25, 0.3) is 5.56 Å². The average molecular weight is 484 g/mol. The Kier molecular flexibility index (Phi) is 6.31. The second kappa shape index (κ2) is 10.0. The first-order valence-corrected chi connectivity index (χ1v) is 12.5. The smallest absolute Gasteiger partial charge is 0.260 e. The molecule has 0 saturated carbocycles. The Morgan fingerprint density at radius 3 is 2.67 bits per heavy atom. The zero-order chi connectivity index (χ0) is 24.3. The molecule has 2 N–H and O–H groups in total. The predicted octanol–water partition coefficient (Wildman–Crippen LogP) is 3.04. The Hall–Kier alpha value is -3.82. The molecule has 36 heavy (non-hydrogen) atoms. The number of nitrogens with zero attached hydrogens (tertiary/aromatic N) is 5. The summed E-state index contributed by atoms with van der Waals surface area (Å²) in [5.41, 5.74) is 2.97. The molecular formula is C27H29N7O2. The Labute approximate surface area is 209 Å². The molecule has 0 amide bonds. The SMILES string of the molecule is O=c1c(-c2ccccc2)cc2cnc(Nc3ccc(N4CCOCC4)nc3)nc2n1CC1CCNC1. The van der Waals surface area contributed by atoms with Gasteiger partial charge in [0.2, 0.25) is 5.95 Å². The predicted molar refractivity (Wildman–Crippen MR) is 141 cm³/mol. The molecule has 1 atom stereocenters. The number of ether oxygens (including phenoxy) is 1. The molecule has 5 heterocycles. The molecule has 6 rings (SSSR count). The number of nitrogens with one attached hydrogen (secondary N) is 2. The molecule has 2 aliphatic heterocycles. The van der Waals surface area contributed by atoms with Gasteiger partial charge in [0.15, 0.2) is 0 Å². The van der Waals surface area contributed by atoms with Crippen LogP contribution in [0.5, 0.6) is 0 Å². The molecule has 4 aromatic rings. The molecule has 9 heteroatoms. The Bertz CT molecular complexity index is 1390. The third-order valence-electron chi connectivity index (χ3n) is 6.85. The third kappa shape index (κ3) is 4.67. The van der Waals surface area contributed by atoms with Gasteiger partial charge in [-0.15, -0.1) is 0 Å². The van der Waals surface area contributed by atoms with E-state index in [2.05, 4.69) is 25.5 Å². The van der Waals surface area contributed by atoms with Crippen molar-refractivity contribution in [1.29, 1.82) is 0 Å². The summed E-state index contributed by atoms with van der Waals surface area (Å²) in [5, 5.41) is 7.50. The maximum Gasteiger partial charge on any atom is 0.260 e. The van der Waals surface area contributed by atoms with Gasteiger partial charge in [0, 0.05) is 36.8 Å². The fraction of sp³-hybridized carbons (Fsp3) is 0.333. The molecule has 9 nitrogen and oxygen atoms in total. The zero-order valence-electron chi connectivity index (χ0n) is 20.1. The molecule has 0 aliphatic carbocycles. The molecule has 0 spiro atoms. The molecule has 1 unspecified atom stereocenters. The largest absolute Gasteiger partial charge is 0.378 e. The van der Waals surface area contributed by atoms with Crippen LogP contribution in [0.4, 0.5) is 17.5 Å². The first-order chi connectivity index (χ1) is 17.7. The molecule has 2 fully saturated rings. The van der Waals surface area contributed by atoms with E-state index in [1.165, 1.54) is 0 Å². The second-order valence-corrected chi connectivity index (χ2v) is 9.30. The van der Waals surface area contributed by atoms with E-state index in [4.69, 9.17) is 9.72 Å². The van der Waals surface area contributed by atoms with E-state index < -0.39 is 0 Å². The van der Waals surface area contributed by atoms with E-state index in [1.54, 1.807) is 12.4 Å². The number of pyridine rings is 2. The number of hydrogen-bond donors (Lipinski definition) is 2. The third-order valence-corrected chi connectivity index (χ3v) is 6.85. The van der Waals surface area contributed by atoms with Crippen molar-refractivity contribution in [3.63, 3.8) is 0 Å². The van der Waals surface area contributed by atoms with E-state index in [0.717, 1.165) is 68.3 Å². The van der Waals surface area contributed by atoms with Gasteiger partial charge in [-0.05, 0) is 49.2 Å². The summed E-state index contributed by atoms with van der Waals surface area (Å²) in [6.45, 7) is 5.62. The van der Waals surface area contributed by atoms with Crippen molar-refractivity contribution in [2.45, 2.75) is 13.0 Å².